The predicted octanol–water partition coefficient (Wildman–Crippen LogP) is 3.70. The number of benzene rings is 1. The Morgan fingerprint density at radius 1 is 1.12 bits per heavy atom. The SMILES string of the molecule is CC(C)n1cnnc1SC(C(=O)N1CCCCC1)c1ccccc1. The van der Waals surface area contributed by atoms with Crippen molar-refractivity contribution in [1.29, 1.82) is 0 Å². The van der Waals surface area contributed by atoms with E-state index in [0.29, 0.717) is 0 Å². The fourth-order valence-corrected chi connectivity index (χ4v) is 4.17. The number of aromatic nitrogens is 3. The molecule has 0 bridgehead atoms. The number of likely N-dealkylation sites (tertiary alicyclic amines) is 1. The highest BCUT2D eigenvalue weighted by Gasteiger charge is 2.29. The molecule has 2 heterocycles. The number of hydrogen-bond acceptors (Lipinski definition) is 4. The highest BCUT2D eigenvalue weighted by Crippen LogP contribution is 2.37. The third-order valence-electron chi connectivity index (χ3n) is 4.31. The molecule has 0 spiro atoms. The van der Waals surface area contributed by atoms with Crippen molar-refractivity contribution < 1.29 is 4.79 Å². The lowest BCUT2D eigenvalue weighted by Gasteiger charge is -2.30. The van der Waals surface area contributed by atoms with Crippen LogP contribution in [0, 0.1) is 0 Å². The fraction of sp³-hybridized carbons (Fsp3) is 0.500. The summed E-state index contributed by atoms with van der Waals surface area (Å²) in [5.41, 5.74) is 1.02. The summed E-state index contributed by atoms with van der Waals surface area (Å²) < 4.78 is 2.02. The Morgan fingerprint density at radius 3 is 2.50 bits per heavy atom. The van der Waals surface area contributed by atoms with E-state index in [1.54, 1.807) is 6.33 Å². The summed E-state index contributed by atoms with van der Waals surface area (Å²) in [4.78, 5) is 15.2. The first-order chi connectivity index (χ1) is 11.7. The van der Waals surface area contributed by atoms with Crippen molar-refractivity contribution >= 4 is 17.7 Å². The molecule has 3 rings (SSSR count). The van der Waals surface area contributed by atoms with Crippen molar-refractivity contribution in [2.75, 3.05) is 13.1 Å². The average molecular weight is 344 g/mol. The normalized spacial score (nSPS) is 16.4. The van der Waals surface area contributed by atoms with Gasteiger partial charge in [-0.2, -0.15) is 0 Å². The minimum Gasteiger partial charge on any atom is -0.341 e. The number of carbonyl (C=O) groups is 1. The Bertz CT molecular complexity index is 665. The zero-order valence-corrected chi connectivity index (χ0v) is 15.1. The van der Waals surface area contributed by atoms with Crippen LogP contribution in [-0.2, 0) is 4.79 Å². The van der Waals surface area contributed by atoms with Crippen molar-refractivity contribution in [1.82, 2.24) is 19.7 Å². The smallest absolute Gasteiger partial charge is 0.240 e. The maximum atomic E-state index is 13.2. The first kappa shape index (κ1) is 17.0. The van der Waals surface area contributed by atoms with E-state index in [-0.39, 0.29) is 17.2 Å². The Morgan fingerprint density at radius 2 is 1.83 bits per heavy atom. The summed E-state index contributed by atoms with van der Waals surface area (Å²) >= 11 is 1.50. The average Bonchev–Trinajstić information content (AvgIpc) is 3.09. The molecule has 2 aromatic rings. The number of amides is 1. The quantitative estimate of drug-likeness (QED) is 0.776. The van der Waals surface area contributed by atoms with E-state index in [0.717, 1.165) is 36.7 Å². The molecule has 0 radical (unpaired) electrons. The van der Waals surface area contributed by atoms with E-state index < -0.39 is 0 Å². The maximum Gasteiger partial charge on any atom is 0.240 e. The van der Waals surface area contributed by atoms with E-state index in [9.17, 15) is 4.79 Å². The van der Waals surface area contributed by atoms with Gasteiger partial charge in [0.15, 0.2) is 5.16 Å². The van der Waals surface area contributed by atoms with E-state index in [2.05, 4.69) is 24.0 Å². The monoisotopic (exact) mass is 344 g/mol. The molecule has 5 nitrogen and oxygen atoms in total. The molecule has 1 aliphatic rings. The van der Waals surface area contributed by atoms with Gasteiger partial charge in [0.2, 0.25) is 5.91 Å². The number of nitrogens with zero attached hydrogens (tertiary/aromatic N) is 4. The highest BCUT2D eigenvalue weighted by molar-refractivity contribution is 8.00. The second-order valence-corrected chi connectivity index (χ2v) is 7.48. The molecule has 0 N–H and O–H groups in total. The Kier molecular flexibility index (Phi) is 5.56. The van der Waals surface area contributed by atoms with Gasteiger partial charge in [-0.25, -0.2) is 0 Å². The standard InChI is InChI=1S/C18H24N4OS/c1-14(2)22-13-19-20-18(22)24-16(15-9-5-3-6-10-15)17(23)21-11-7-4-8-12-21/h3,5-6,9-10,13-14,16H,4,7-8,11-12H2,1-2H3. The molecule has 6 heteroatoms. The molecule has 1 aromatic carbocycles. The van der Waals surface area contributed by atoms with Crippen LogP contribution in [0.4, 0.5) is 0 Å². The third-order valence-corrected chi connectivity index (χ3v) is 5.53. The second kappa shape index (κ2) is 7.83. The van der Waals surface area contributed by atoms with Gasteiger partial charge in [0.1, 0.15) is 11.6 Å². The number of carbonyl (C=O) groups excluding carboxylic acids is 1. The van der Waals surface area contributed by atoms with Crippen LogP contribution < -0.4 is 0 Å². The Labute approximate surface area is 147 Å². The lowest BCUT2D eigenvalue weighted by atomic mass is 10.1. The molecule has 24 heavy (non-hydrogen) atoms. The van der Waals surface area contributed by atoms with Crippen molar-refractivity contribution in [3.8, 4) is 0 Å². The Balaban J connectivity index is 1.87. The van der Waals surface area contributed by atoms with Crippen molar-refractivity contribution in [2.24, 2.45) is 0 Å². The van der Waals surface area contributed by atoms with E-state index in [1.807, 2.05) is 39.8 Å². The topological polar surface area (TPSA) is 51.0 Å². The first-order valence-electron chi connectivity index (χ1n) is 8.56. The van der Waals surface area contributed by atoms with Gasteiger partial charge in [0.05, 0.1) is 0 Å². The van der Waals surface area contributed by atoms with Crippen LogP contribution in [0.1, 0.15) is 50.0 Å². The van der Waals surface area contributed by atoms with Gasteiger partial charge in [-0.1, -0.05) is 42.1 Å². The van der Waals surface area contributed by atoms with Crippen LogP contribution in [0.3, 0.4) is 0 Å². The van der Waals surface area contributed by atoms with Crippen molar-refractivity contribution in [3.63, 3.8) is 0 Å². The lowest BCUT2D eigenvalue weighted by Crippen LogP contribution is -2.38. The molecule has 1 atom stereocenters. The molecule has 1 saturated heterocycles. The van der Waals surface area contributed by atoms with Gasteiger partial charge < -0.3 is 9.47 Å². The van der Waals surface area contributed by atoms with Gasteiger partial charge in [-0.3, -0.25) is 4.79 Å². The number of piperidine rings is 1. The number of rotatable bonds is 5. The van der Waals surface area contributed by atoms with E-state index in [4.69, 9.17) is 0 Å². The van der Waals surface area contributed by atoms with Gasteiger partial charge in [-0.05, 0) is 38.7 Å². The minimum absolute atomic E-state index is 0.184. The molecule has 0 aliphatic carbocycles. The first-order valence-corrected chi connectivity index (χ1v) is 9.44. The van der Waals surface area contributed by atoms with Gasteiger partial charge >= 0.3 is 0 Å². The van der Waals surface area contributed by atoms with Crippen molar-refractivity contribution in [2.45, 2.75) is 49.6 Å². The fourth-order valence-electron chi connectivity index (χ4n) is 2.94. The summed E-state index contributed by atoms with van der Waals surface area (Å²) in [5.74, 6) is 0.184. The van der Waals surface area contributed by atoms with Gasteiger partial charge in [-0.15, -0.1) is 10.2 Å². The number of thioether (sulfide) groups is 1. The largest absolute Gasteiger partial charge is 0.341 e. The van der Waals surface area contributed by atoms with Crippen LogP contribution in [0.5, 0.6) is 0 Å². The van der Waals surface area contributed by atoms with Gasteiger partial charge in [0, 0.05) is 19.1 Å². The molecule has 1 fully saturated rings. The van der Waals surface area contributed by atoms with Crippen LogP contribution >= 0.6 is 11.8 Å². The molecular formula is C18H24N4OS. The van der Waals surface area contributed by atoms with Crippen LogP contribution in [0.25, 0.3) is 0 Å². The van der Waals surface area contributed by atoms with Crippen LogP contribution in [0.15, 0.2) is 41.8 Å². The molecular weight excluding hydrogens is 320 g/mol. The molecule has 128 valence electrons. The zero-order chi connectivity index (χ0) is 16.9. The Hall–Kier alpha value is -1.82. The van der Waals surface area contributed by atoms with Crippen LogP contribution in [0.2, 0.25) is 0 Å². The summed E-state index contributed by atoms with van der Waals surface area (Å²) in [7, 11) is 0. The molecule has 1 unspecified atom stereocenters. The zero-order valence-electron chi connectivity index (χ0n) is 14.3. The molecule has 1 amide bonds. The lowest BCUT2D eigenvalue weighted by molar-refractivity contribution is -0.131. The predicted molar refractivity (Wildman–Crippen MR) is 95.9 cm³/mol. The summed E-state index contributed by atoms with van der Waals surface area (Å²) in [5, 5.41) is 8.79. The van der Waals surface area contributed by atoms with E-state index in [1.165, 1.54) is 18.2 Å². The molecule has 1 aliphatic heterocycles. The summed E-state index contributed by atoms with van der Waals surface area (Å²) in [6.45, 7) is 5.91. The number of hydrogen-bond donors (Lipinski definition) is 0. The third kappa shape index (κ3) is 3.80. The molecule has 1 aromatic heterocycles. The highest BCUT2D eigenvalue weighted by atomic mass is 32.2. The van der Waals surface area contributed by atoms with Gasteiger partial charge in [0.25, 0.3) is 0 Å². The molecule has 0 saturated carbocycles. The van der Waals surface area contributed by atoms with E-state index >= 15 is 0 Å². The summed E-state index contributed by atoms with van der Waals surface area (Å²) in [6, 6.07) is 10.3. The van der Waals surface area contributed by atoms with Crippen LogP contribution in [-0.4, -0.2) is 38.7 Å². The van der Waals surface area contributed by atoms with Crippen molar-refractivity contribution in [3.05, 3.63) is 42.2 Å². The summed E-state index contributed by atoms with van der Waals surface area (Å²) in [6.07, 6.45) is 5.15. The second-order valence-electron chi connectivity index (χ2n) is 6.41. The maximum absolute atomic E-state index is 13.2. The minimum atomic E-state index is -0.272.